The fourth-order valence-corrected chi connectivity index (χ4v) is 2.44. The molecule has 4 nitrogen and oxygen atoms in total. The molecule has 0 aromatic carbocycles. The van der Waals surface area contributed by atoms with E-state index < -0.39 is 5.79 Å². The van der Waals surface area contributed by atoms with Crippen LogP contribution in [-0.4, -0.2) is 40.3 Å². The third kappa shape index (κ3) is 1.49. The van der Waals surface area contributed by atoms with Crippen LogP contribution in [0.3, 0.4) is 0 Å². The molecule has 0 radical (unpaired) electrons. The van der Waals surface area contributed by atoms with Gasteiger partial charge in [0.15, 0.2) is 24.2 Å². The second kappa shape index (κ2) is 2.93. The molecule has 3 atom stereocenters. The Bertz CT molecular complexity index is 254. The monoisotopic (exact) mass is 249 g/mol. The summed E-state index contributed by atoms with van der Waals surface area (Å²) in [5.41, 5.74) is 0. The van der Waals surface area contributed by atoms with Crippen LogP contribution in [0.1, 0.15) is 13.8 Å². The van der Waals surface area contributed by atoms with Crippen LogP contribution in [0.5, 0.6) is 0 Å². The van der Waals surface area contributed by atoms with Crippen molar-refractivity contribution in [3.63, 3.8) is 0 Å². The van der Waals surface area contributed by atoms with Gasteiger partial charge in [0.05, 0.1) is 5.33 Å². The lowest BCUT2D eigenvalue weighted by atomic mass is 10.1. The van der Waals surface area contributed by atoms with E-state index in [2.05, 4.69) is 15.9 Å². The number of nitrogens with zero attached hydrogens (tertiary/aromatic N) is 1. The number of ether oxygens (including phenoxy) is 2. The van der Waals surface area contributed by atoms with E-state index in [1.165, 1.54) is 0 Å². The summed E-state index contributed by atoms with van der Waals surface area (Å²) in [5, 5.41) is 11.9. The van der Waals surface area contributed by atoms with Crippen molar-refractivity contribution >= 4 is 22.1 Å². The van der Waals surface area contributed by atoms with Gasteiger partial charge in [-0.25, -0.2) is 4.74 Å². The van der Waals surface area contributed by atoms with Gasteiger partial charge >= 0.3 is 0 Å². The van der Waals surface area contributed by atoms with Gasteiger partial charge in [-0.1, -0.05) is 15.9 Å². The van der Waals surface area contributed by atoms with Crippen LogP contribution in [0.4, 0.5) is 0 Å². The molecule has 74 valence electrons. The Hall–Kier alpha value is -0.130. The molecule has 2 heterocycles. The van der Waals surface area contributed by atoms with Crippen molar-refractivity contribution in [2.75, 3.05) is 5.33 Å². The molecule has 0 saturated carbocycles. The third-order valence-electron chi connectivity index (χ3n) is 2.32. The summed E-state index contributed by atoms with van der Waals surface area (Å²) in [6.07, 6.45) is 1.23. The van der Waals surface area contributed by atoms with Crippen molar-refractivity contribution in [3.8, 4) is 0 Å². The summed E-state index contributed by atoms with van der Waals surface area (Å²) in [4.78, 5) is 0. The first kappa shape index (κ1) is 9.43. The number of halogens is 1. The van der Waals surface area contributed by atoms with Gasteiger partial charge in [0.25, 0.3) is 0 Å². The van der Waals surface area contributed by atoms with Gasteiger partial charge in [-0.2, -0.15) is 0 Å². The Labute approximate surface area is 85.2 Å². The molecule has 0 aliphatic carbocycles. The normalized spacial score (nSPS) is 41.8. The highest BCUT2D eigenvalue weighted by atomic mass is 79.9. The van der Waals surface area contributed by atoms with Crippen LogP contribution in [-0.2, 0) is 9.47 Å². The maximum absolute atomic E-state index is 11.3. The minimum atomic E-state index is -0.562. The van der Waals surface area contributed by atoms with Crippen molar-refractivity contribution in [1.29, 1.82) is 0 Å². The summed E-state index contributed by atoms with van der Waals surface area (Å²) < 4.78 is 12.1. The van der Waals surface area contributed by atoms with Gasteiger partial charge in [0.1, 0.15) is 0 Å². The van der Waals surface area contributed by atoms with Gasteiger partial charge in [-0.3, -0.25) is 0 Å². The maximum Gasteiger partial charge on any atom is 0.201 e. The summed E-state index contributed by atoms with van der Waals surface area (Å²) in [6.45, 7) is 3.72. The Kier molecular flexibility index (Phi) is 2.13. The van der Waals surface area contributed by atoms with E-state index in [0.29, 0.717) is 5.33 Å². The van der Waals surface area contributed by atoms with E-state index in [4.69, 9.17) is 9.47 Å². The molecule has 1 saturated heterocycles. The quantitative estimate of drug-likeness (QED) is 0.394. The lowest BCUT2D eigenvalue weighted by Gasteiger charge is -2.20. The molecule has 13 heavy (non-hydrogen) atoms. The first-order chi connectivity index (χ1) is 6.03. The van der Waals surface area contributed by atoms with Crippen molar-refractivity contribution in [2.45, 2.75) is 37.9 Å². The average Bonchev–Trinajstić information content (AvgIpc) is 2.39. The SMILES string of the molecule is CC1(C)O[C@H]2[C@H](C=[N+]([O-])[C@@H]2CBr)O1. The molecule has 0 spiro atoms. The van der Waals surface area contributed by atoms with Crippen LogP contribution >= 0.6 is 15.9 Å². The highest BCUT2D eigenvalue weighted by molar-refractivity contribution is 9.09. The van der Waals surface area contributed by atoms with Crippen molar-refractivity contribution < 1.29 is 14.2 Å². The largest absolute Gasteiger partial charge is 0.624 e. The molecule has 0 aromatic rings. The number of alkyl halides is 1. The van der Waals surface area contributed by atoms with E-state index in [1.54, 1.807) is 6.21 Å². The topological polar surface area (TPSA) is 44.5 Å². The first-order valence-corrected chi connectivity index (χ1v) is 5.38. The van der Waals surface area contributed by atoms with Crippen LogP contribution in [0.2, 0.25) is 0 Å². The zero-order valence-electron chi connectivity index (χ0n) is 7.57. The molecular weight excluding hydrogens is 238 g/mol. The minimum absolute atomic E-state index is 0.133. The summed E-state index contributed by atoms with van der Waals surface area (Å²) in [7, 11) is 0. The van der Waals surface area contributed by atoms with E-state index in [1.807, 2.05) is 13.8 Å². The van der Waals surface area contributed by atoms with E-state index in [9.17, 15) is 5.21 Å². The van der Waals surface area contributed by atoms with Gasteiger partial charge < -0.3 is 14.7 Å². The van der Waals surface area contributed by atoms with Gasteiger partial charge in [-0.15, -0.1) is 0 Å². The summed E-state index contributed by atoms with van der Waals surface area (Å²) >= 11 is 3.29. The van der Waals surface area contributed by atoms with Crippen molar-refractivity contribution in [1.82, 2.24) is 0 Å². The van der Waals surface area contributed by atoms with Crippen LogP contribution < -0.4 is 0 Å². The Morgan fingerprint density at radius 2 is 2.23 bits per heavy atom. The first-order valence-electron chi connectivity index (χ1n) is 4.25. The van der Waals surface area contributed by atoms with Crippen molar-refractivity contribution in [3.05, 3.63) is 5.21 Å². The fraction of sp³-hybridized carbons (Fsp3) is 0.875. The molecule has 0 N–H and O–H groups in total. The molecule has 0 amide bonds. The second-order valence-electron chi connectivity index (χ2n) is 3.80. The van der Waals surface area contributed by atoms with Crippen LogP contribution in [0, 0.1) is 5.21 Å². The summed E-state index contributed by atoms with van der Waals surface area (Å²) in [6, 6.07) is -0.160. The number of fused-ring (bicyclic) bond motifs is 1. The Morgan fingerprint density at radius 1 is 1.54 bits per heavy atom. The average molecular weight is 250 g/mol. The third-order valence-corrected chi connectivity index (χ3v) is 2.99. The predicted octanol–water partition coefficient (Wildman–Crippen LogP) is 0.865. The molecule has 0 unspecified atom stereocenters. The molecule has 1 fully saturated rings. The highest BCUT2D eigenvalue weighted by Gasteiger charge is 2.52. The molecule has 5 heteroatoms. The minimum Gasteiger partial charge on any atom is -0.624 e. The number of hydrogen-bond acceptors (Lipinski definition) is 3. The van der Waals surface area contributed by atoms with Gasteiger partial charge in [0, 0.05) is 0 Å². The van der Waals surface area contributed by atoms with E-state index in [-0.39, 0.29) is 18.2 Å². The van der Waals surface area contributed by atoms with Crippen LogP contribution in [0.15, 0.2) is 0 Å². The zero-order chi connectivity index (χ0) is 9.64. The molecule has 0 aromatic heterocycles. The number of hydrogen-bond donors (Lipinski definition) is 0. The van der Waals surface area contributed by atoms with Gasteiger partial charge in [0.2, 0.25) is 6.04 Å². The predicted molar refractivity (Wildman–Crippen MR) is 51.1 cm³/mol. The summed E-state index contributed by atoms with van der Waals surface area (Å²) in [5.74, 6) is -0.562. The molecule has 2 aliphatic rings. The molecule has 0 bridgehead atoms. The smallest absolute Gasteiger partial charge is 0.201 e. The zero-order valence-corrected chi connectivity index (χ0v) is 9.15. The fourth-order valence-electron chi connectivity index (χ4n) is 1.79. The molecular formula is C8H12BrNO3. The van der Waals surface area contributed by atoms with Gasteiger partial charge in [-0.05, 0) is 13.8 Å². The van der Waals surface area contributed by atoms with Crippen LogP contribution in [0.25, 0.3) is 0 Å². The lowest BCUT2D eigenvalue weighted by Crippen LogP contribution is -2.35. The van der Waals surface area contributed by atoms with Crippen molar-refractivity contribution in [2.24, 2.45) is 0 Å². The maximum atomic E-state index is 11.3. The van der Waals surface area contributed by atoms with E-state index >= 15 is 0 Å². The standard InChI is InChI=1S/C8H12BrNO3/c1-8(2)12-6-4-10(11)5(3-9)7(6)13-8/h4-7H,3H2,1-2H3/t5-,6+,7-/m1/s1. The lowest BCUT2D eigenvalue weighted by molar-refractivity contribution is -0.494. The van der Waals surface area contributed by atoms with E-state index in [0.717, 1.165) is 4.74 Å². The molecule has 2 aliphatic heterocycles. The Morgan fingerprint density at radius 3 is 2.85 bits per heavy atom. The Balaban J connectivity index is 2.18. The second-order valence-corrected chi connectivity index (χ2v) is 4.44. The highest BCUT2D eigenvalue weighted by Crippen LogP contribution is 2.33. The molecule has 2 rings (SSSR count). The number of rotatable bonds is 1. The number of hydroxylamine groups is 1.